The number of aryl methyl sites for hydroxylation is 2. The van der Waals surface area contributed by atoms with Crippen LogP contribution in [-0.4, -0.2) is 4.98 Å². The summed E-state index contributed by atoms with van der Waals surface area (Å²) in [5.74, 6) is -2.86. The van der Waals surface area contributed by atoms with Gasteiger partial charge in [-0.15, -0.1) is 0 Å². The summed E-state index contributed by atoms with van der Waals surface area (Å²) in [4.78, 5) is 4.14. The van der Waals surface area contributed by atoms with Crippen molar-refractivity contribution in [1.29, 1.82) is 0 Å². The van der Waals surface area contributed by atoms with Crippen molar-refractivity contribution in [1.82, 2.24) is 4.98 Å². The van der Waals surface area contributed by atoms with Crippen LogP contribution < -0.4 is 0 Å². The monoisotopic (exact) mass is 395 g/mol. The fourth-order valence-electron chi connectivity index (χ4n) is 2.85. The molecule has 0 amide bonds. The van der Waals surface area contributed by atoms with Crippen LogP contribution in [0.1, 0.15) is 47.2 Å². The first kappa shape index (κ1) is 20.6. The molecule has 0 fully saturated rings. The average molecular weight is 396 g/mol. The van der Waals surface area contributed by atoms with Crippen molar-refractivity contribution in [2.45, 2.75) is 40.0 Å². The molecule has 0 radical (unpaired) electrons. The second-order valence-corrected chi connectivity index (χ2v) is 7.32. The Kier molecular flexibility index (Phi) is 6.25. The van der Waals surface area contributed by atoms with Gasteiger partial charge in [-0.25, -0.2) is 13.8 Å². The first-order valence-electron chi connectivity index (χ1n) is 8.16. The molecule has 1 heterocycles. The van der Waals surface area contributed by atoms with Crippen molar-refractivity contribution in [3.8, 4) is 0 Å². The maximum absolute atomic E-state index is 13.6. The Hall–Kier alpha value is -1.71. The van der Waals surface area contributed by atoms with Gasteiger partial charge in [0.25, 0.3) is 5.92 Å². The fraction of sp³-hybridized carbons (Fsp3) is 0.286. The zero-order chi connectivity index (χ0) is 19.6. The Morgan fingerprint density at radius 2 is 1.81 bits per heavy atom. The van der Waals surface area contributed by atoms with Crippen LogP contribution in [0.3, 0.4) is 0 Å². The number of rotatable bonds is 5. The number of hydrogen-bond donors (Lipinski definition) is 0. The molecular formula is C21H21Cl2F2N. The Balaban J connectivity index is 2.42. The van der Waals surface area contributed by atoms with Crippen LogP contribution in [-0.2, 0) is 12.3 Å². The summed E-state index contributed by atoms with van der Waals surface area (Å²) < 4.78 is 27.2. The smallest absolute Gasteiger partial charge is 0.244 e. The van der Waals surface area contributed by atoms with Crippen LogP contribution in [0, 0.1) is 13.8 Å². The molecule has 0 N–H and O–H groups in total. The van der Waals surface area contributed by atoms with Crippen molar-refractivity contribution >= 4 is 35.4 Å². The Labute approximate surface area is 163 Å². The van der Waals surface area contributed by atoms with Crippen molar-refractivity contribution in [2.75, 3.05) is 0 Å². The van der Waals surface area contributed by atoms with E-state index < -0.39 is 5.92 Å². The lowest BCUT2D eigenvalue weighted by Crippen LogP contribution is -2.08. The number of halogens is 4. The summed E-state index contributed by atoms with van der Waals surface area (Å²) in [6.45, 7) is 10.2. The third-order valence-electron chi connectivity index (χ3n) is 4.25. The zero-order valence-electron chi connectivity index (χ0n) is 15.3. The largest absolute Gasteiger partial charge is 0.270 e. The summed E-state index contributed by atoms with van der Waals surface area (Å²) in [5.41, 5.74) is 5.00. The van der Waals surface area contributed by atoms with Gasteiger partial charge in [0, 0.05) is 29.8 Å². The lowest BCUT2D eigenvalue weighted by atomic mass is 9.94. The highest BCUT2D eigenvalue weighted by atomic mass is 35.5. The lowest BCUT2D eigenvalue weighted by Gasteiger charge is -2.16. The van der Waals surface area contributed by atoms with Gasteiger partial charge in [0.15, 0.2) is 0 Å². The molecule has 1 aromatic carbocycles. The van der Waals surface area contributed by atoms with E-state index in [1.807, 2.05) is 26.8 Å². The molecule has 0 unspecified atom stereocenters. The number of alkyl halides is 2. The van der Waals surface area contributed by atoms with Gasteiger partial charge in [0.2, 0.25) is 0 Å². The van der Waals surface area contributed by atoms with Crippen molar-refractivity contribution in [3.05, 3.63) is 74.0 Å². The topological polar surface area (TPSA) is 12.9 Å². The number of nitrogens with zero attached hydrogens (tertiary/aromatic N) is 1. The van der Waals surface area contributed by atoms with Crippen molar-refractivity contribution in [3.63, 3.8) is 0 Å². The molecule has 0 spiro atoms. The Bertz CT molecular complexity index is 857. The van der Waals surface area contributed by atoms with Crippen LogP contribution in [0.15, 0.2) is 30.5 Å². The van der Waals surface area contributed by atoms with Gasteiger partial charge in [0.05, 0.1) is 5.02 Å². The number of benzene rings is 1. The molecule has 0 aliphatic rings. The fourth-order valence-corrected chi connectivity index (χ4v) is 3.39. The Morgan fingerprint density at radius 3 is 2.31 bits per heavy atom. The van der Waals surface area contributed by atoms with Gasteiger partial charge in [-0.3, -0.25) is 0 Å². The summed E-state index contributed by atoms with van der Waals surface area (Å²) in [5, 5.41) is 0.880. The van der Waals surface area contributed by atoms with Gasteiger partial charge in [-0.1, -0.05) is 47.5 Å². The van der Waals surface area contributed by atoms with Crippen LogP contribution in [0.5, 0.6) is 0 Å². The minimum atomic E-state index is -2.86. The molecule has 5 heteroatoms. The van der Waals surface area contributed by atoms with Gasteiger partial charge in [-0.2, -0.15) is 0 Å². The summed E-state index contributed by atoms with van der Waals surface area (Å²) in [6, 6.07) is 3.07. The van der Waals surface area contributed by atoms with E-state index in [4.69, 9.17) is 23.2 Å². The first-order valence-corrected chi connectivity index (χ1v) is 8.92. The predicted octanol–water partition coefficient (Wildman–Crippen LogP) is 7.41. The predicted molar refractivity (Wildman–Crippen MR) is 107 cm³/mol. The van der Waals surface area contributed by atoms with Crippen molar-refractivity contribution in [2.24, 2.45) is 0 Å². The lowest BCUT2D eigenvalue weighted by molar-refractivity contribution is 0.0173. The molecular weight excluding hydrogens is 375 g/mol. The van der Waals surface area contributed by atoms with Gasteiger partial charge >= 0.3 is 0 Å². The molecule has 0 aliphatic heterocycles. The van der Waals surface area contributed by atoms with E-state index in [2.05, 4.69) is 11.6 Å². The average Bonchev–Trinajstić information content (AvgIpc) is 2.54. The quantitative estimate of drug-likeness (QED) is 0.480. The second kappa shape index (κ2) is 7.89. The molecule has 1 aromatic heterocycles. The van der Waals surface area contributed by atoms with Gasteiger partial charge in [0.1, 0.15) is 5.15 Å². The highest BCUT2D eigenvalue weighted by molar-refractivity contribution is 6.36. The SMILES string of the molecule is C=Cc1cnc(Cl)c(C/C(C)=C/c2c(C)cc(C(C)(F)F)cc2C)c1Cl. The highest BCUT2D eigenvalue weighted by Gasteiger charge is 2.25. The number of aromatic nitrogens is 1. The molecule has 0 saturated heterocycles. The molecule has 2 rings (SSSR count). The minimum Gasteiger partial charge on any atom is -0.244 e. The second-order valence-electron chi connectivity index (χ2n) is 6.58. The summed E-state index contributed by atoms with van der Waals surface area (Å²) >= 11 is 12.6. The molecule has 0 atom stereocenters. The molecule has 138 valence electrons. The first-order chi connectivity index (χ1) is 12.0. The van der Waals surface area contributed by atoms with E-state index in [0.717, 1.165) is 40.3 Å². The number of allylic oxidation sites excluding steroid dienone is 1. The van der Waals surface area contributed by atoms with Crippen LogP contribution in [0.4, 0.5) is 8.78 Å². The summed E-state index contributed by atoms with van der Waals surface area (Å²) in [6.07, 6.45) is 5.71. The number of pyridine rings is 1. The molecule has 0 bridgehead atoms. The van der Waals surface area contributed by atoms with E-state index in [0.29, 0.717) is 16.6 Å². The van der Waals surface area contributed by atoms with E-state index in [1.54, 1.807) is 12.3 Å². The molecule has 1 nitrogen and oxygen atoms in total. The maximum atomic E-state index is 13.6. The molecule has 0 saturated carbocycles. The van der Waals surface area contributed by atoms with E-state index in [1.165, 1.54) is 12.1 Å². The van der Waals surface area contributed by atoms with Crippen LogP contribution >= 0.6 is 23.2 Å². The number of hydrogen-bond acceptors (Lipinski definition) is 1. The third kappa shape index (κ3) is 4.52. The normalized spacial score (nSPS) is 12.4. The van der Waals surface area contributed by atoms with E-state index >= 15 is 0 Å². The third-order valence-corrected chi connectivity index (χ3v) is 5.02. The van der Waals surface area contributed by atoms with Crippen molar-refractivity contribution < 1.29 is 8.78 Å². The molecule has 2 aromatic rings. The van der Waals surface area contributed by atoms with E-state index in [-0.39, 0.29) is 5.56 Å². The van der Waals surface area contributed by atoms with Gasteiger partial charge in [-0.05, 0) is 56.0 Å². The Morgan fingerprint density at radius 1 is 1.23 bits per heavy atom. The highest BCUT2D eigenvalue weighted by Crippen LogP contribution is 2.32. The van der Waals surface area contributed by atoms with Crippen LogP contribution in [0.25, 0.3) is 12.2 Å². The maximum Gasteiger partial charge on any atom is 0.270 e. The van der Waals surface area contributed by atoms with Crippen LogP contribution in [0.2, 0.25) is 10.2 Å². The van der Waals surface area contributed by atoms with Gasteiger partial charge < -0.3 is 0 Å². The minimum absolute atomic E-state index is 0.0243. The molecule has 0 aliphatic carbocycles. The van der Waals surface area contributed by atoms with E-state index in [9.17, 15) is 8.78 Å². The standard InChI is InChI=1S/C21H21Cl2F2N/c1-6-15-11-26-20(23)18(19(15)22)8-12(2)7-17-13(3)9-16(10-14(17)4)21(5,24)25/h6-7,9-11H,1,8H2,2-5H3/b12-7+. The molecule has 26 heavy (non-hydrogen) atoms. The summed E-state index contributed by atoms with van der Waals surface area (Å²) in [7, 11) is 0. The zero-order valence-corrected chi connectivity index (χ0v) is 16.8.